The quantitative estimate of drug-likeness (QED) is 0.738. The van der Waals surface area contributed by atoms with Gasteiger partial charge in [-0.05, 0) is 24.0 Å². The number of benzene rings is 1. The Labute approximate surface area is 97.9 Å². The van der Waals surface area contributed by atoms with Gasteiger partial charge < -0.3 is 0 Å². The summed E-state index contributed by atoms with van der Waals surface area (Å²) >= 11 is 0. The molecule has 0 saturated heterocycles. The van der Waals surface area contributed by atoms with E-state index < -0.39 is 9.84 Å². The lowest BCUT2D eigenvalue weighted by Crippen LogP contribution is -2.09. The Kier molecular flexibility index (Phi) is 4.30. The first-order valence-corrected chi connectivity index (χ1v) is 7.10. The van der Waals surface area contributed by atoms with Gasteiger partial charge in [0.1, 0.15) is 0 Å². The van der Waals surface area contributed by atoms with Crippen LogP contribution in [0, 0.1) is 0 Å². The molecule has 0 spiro atoms. The Balaban J connectivity index is 3.28. The summed E-state index contributed by atoms with van der Waals surface area (Å²) in [6.45, 7) is 7.59. The van der Waals surface area contributed by atoms with E-state index in [0.29, 0.717) is 4.90 Å². The van der Waals surface area contributed by atoms with Crippen LogP contribution >= 0.6 is 0 Å². The van der Waals surface area contributed by atoms with Crippen LogP contribution in [0.3, 0.4) is 0 Å². The highest BCUT2D eigenvalue weighted by Gasteiger charge is 2.18. The molecule has 1 atom stereocenters. The number of rotatable bonds is 5. The third-order valence-corrected chi connectivity index (χ3v) is 4.45. The number of hydrogen-bond donors (Lipinski definition) is 0. The third-order valence-electron chi connectivity index (χ3n) is 2.73. The van der Waals surface area contributed by atoms with Gasteiger partial charge in [-0.3, -0.25) is 0 Å². The number of hydrogen-bond acceptors (Lipinski definition) is 2. The first kappa shape index (κ1) is 13.0. The summed E-state index contributed by atoms with van der Waals surface area (Å²) in [5, 5.41) is 0. The molecule has 0 aliphatic heterocycles. The summed E-state index contributed by atoms with van der Waals surface area (Å²) in [6, 6.07) is 7.22. The minimum absolute atomic E-state index is 0.000444. The van der Waals surface area contributed by atoms with E-state index in [2.05, 4.69) is 13.5 Å². The van der Waals surface area contributed by atoms with Gasteiger partial charge in [-0.25, -0.2) is 8.42 Å². The molecule has 0 aliphatic rings. The zero-order chi connectivity index (χ0) is 12.2. The zero-order valence-corrected chi connectivity index (χ0v) is 10.6. The Morgan fingerprint density at radius 3 is 2.56 bits per heavy atom. The van der Waals surface area contributed by atoms with Gasteiger partial charge in [0.05, 0.1) is 10.6 Å². The molecule has 1 aromatic rings. The topological polar surface area (TPSA) is 34.1 Å². The van der Waals surface area contributed by atoms with Crippen molar-refractivity contribution < 1.29 is 8.42 Å². The molecule has 1 rings (SSSR count). The van der Waals surface area contributed by atoms with E-state index in [1.165, 1.54) is 6.08 Å². The van der Waals surface area contributed by atoms with E-state index in [4.69, 9.17) is 0 Å². The van der Waals surface area contributed by atoms with E-state index in [1.807, 2.05) is 19.1 Å². The molecule has 3 heteroatoms. The molecule has 1 aromatic carbocycles. The Morgan fingerprint density at radius 1 is 1.38 bits per heavy atom. The molecule has 0 aliphatic carbocycles. The summed E-state index contributed by atoms with van der Waals surface area (Å²) in [5.41, 5.74) is 0.909. The second-order valence-electron chi connectivity index (χ2n) is 3.92. The lowest BCUT2D eigenvalue weighted by atomic mass is 9.99. The van der Waals surface area contributed by atoms with Crippen LogP contribution in [0.25, 0.3) is 0 Å². The van der Waals surface area contributed by atoms with Crippen molar-refractivity contribution in [2.24, 2.45) is 0 Å². The predicted octanol–water partition coefficient (Wildman–Crippen LogP) is 3.16. The van der Waals surface area contributed by atoms with Gasteiger partial charge in [0.2, 0.25) is 0 Å². The van der Waals surface area contributed by atoms with E-state index >= 15 is 0 Å². The monoisotopic (exact) mass is 238 g/mol. The maximum atomic E-state index is 12.0. The van der Waals surface area contributed by atoms with Crippen LogP contribution in [0.4, 0.5) is 0 Å². The second-order valence-corrected chi connectivity index (χ2v) is 5.92. The van der Waals surface area contributed by atoms with E-state index in [0.717, 1.165) is 12.0 Å². The fourth-order valence-electron chi connectivity index (χ4n) is 1.64. The standard InChI is InChI=1S/C13H18O2S/c1-4-10-16(14,15)13-9-7-6-8-12(13)11(3)5-2/h4,6-9,11H,1,5,10H2,2-3H3. The lowest BCUT2D eigenvalue weighted by molar-refractivity contribution is 0.595. The summed E-state index contributed by atoms with van der Waals surface area (Å²) < 4.78 is 24.0. The van der Waals surface area contributed by atoms with Crippen molar-refractivity contribution in [1.29, 1.82) is 0 Å². The molecular formula is C13H18O2S. The van der Waals surface area contributed by atoms with Gasteiger partial charge in [-0.1, -0.05) is 38.1 Å². The minimum atomic E-state index is -3.21. The summed E-state index contributed by atoms with van der Waals surface area (Å²) in [4.78, 5) is 0.448. The van der Waals surface area contributed by atoms with Crippen molar-refractivity contribution in [3.8, 4) is 0 Å². The van der Waals surface area contributed by atoms with Crippen molar-refractivity contribution in [2.45, 2.75) is 31.1 Å². The molecule has 88 valence electrons. The van der Waals surface area contributed by atoms with Crippen molar-refractivity contribution in [3.05, 3.63) is 42.5 Å². The van der Waals surface area contributed by atoms with Gasteiger partial charge in [0, 0.05) is 0 Å². The maximum Gasteiger partial charge on any atom is 0.182 e. The molecular weight excluding hydrogens is 220 g/mol. The van der Waals surface area contributed by atoms with Crippen molar-refractivity contribution in [2.75, 3.05) is 5.75 Å². The Hall–Kier alpha value is -1.09. The second kappa shape index (κ2) is 5.30. The highest BCUT2D eigenvalue weighted by molar-refractivity contribution is 7.91. The van der Waals surface area contributed by atoms with Gasteiger partial charge in [-0.15, -0.1) is 6.58 Å². The summed E-state index contributed by atoms with van der Waals surface area (Å²) in [7, 11) is -3.21. The van der Waals surface area contributed by atoms with E-state index in [9.17, 15) is 8.42 Å². The Morgan fingerprint density at radius 2 is 2.00 bits per heavy atom. The predicted molar refractivity (Wildman–Crippen MR) is 67.4 cm³/mol. The van der Waals surface area contributed by atoms with E-state index in [1.54, 1.807) is 12.1 Å². The fraction of sp³-hybridized carbons (Fsp3) is 0.385. The van der Waals surface area contributed by atoms with Crippen LogP contribution in [0.15, 0.2) is 41.8 Å². The average molecular weight is 238 g/mol. The highest BCUT2D eigenvalue weighted by Crippen LogP contribution is 2.26. The van der Waals surface area contributed by atoms with Crippen LogP contribution in [-0.2, 0) is 9.84 Å². The molecule has 1 unspecified atom stereocenters. The van der Waals surface area contributed by atoms with Gasteiger partial charge in [0.15, 0.2) is 9.84 Å². The molecule has 16 heavy (non-hydrogen) atoms. The fourth-order valence-corrected chi connectivity index (χ4v) is 3.04. The summed E-state index contributed by atoms with van der Waals surface area (Å²) in [6.07, 6.45) is 2.36. The van der Waals surface area contributed by atoms with Crippen LogP contribution in [0.2, 0.25) is 0 Å². The highest BCUT2D eigenvalue weighted by atomic mass is 32.2. The number of sulfone groups is 1. The van der Waals surface area contributed by atoms with Gasteiger partial charge >= 0.3 is 0 Å². The first-order valence-electron chi connectivity index (χ1n) is 5.45. The van der Waals surface area contributed by atoms with Crippen molar-refractivity contribution in [1.82, 2.24) is 0 Å². The van der Waals surface area contributed by atoms with Gasteiger partial charge in [0.25, 0.3) is 0 Å². The SMILES string of the molecule is C=CCS(=O)(=O)c1ccccc1C(C)CC. The van der Waals surface area contributed by atoms with Crippen molar-refractivity contribution in [3.63, 3.8) is 0 Å². The Bertz CT molecular complexity index is 461. The molecule has 0 saturated carbocycles. The first-order chi connectivity index (χ1) is 7.53. The molecule has 0 aromatic heterocycles. The average Bonchev–Trinajstić information content (AvgIpc) is 2.28. The van der Waals surface area contributed by atoms with Gasteiger partial charge in [-0.2, -0.15) is 0 Å². The van der Waals surface area contributed by atoms with Crippen LogP contribution < -0.4 is 0 Å². The lowest BCUT2D eigenvalue weighted by Gasteiger charge is -2.14. The van der Waals surface area contributed by atoms with E-state index in [-0.39, 0.29) is 11.7 Å². The molecule has 0 amide bonds. The molecule has 0 fully saturated rings. The normalized spacial score (nSPS) is 13.4. The van der Waals surface area contributed by atoms with Crippen LogP contribution in [0.5, 0.6) is 0 Å². The summed E-state index contributed by atoms with van der Waals surface area (Å²) in [5.74, 6) is 0.260. The van der Waals surface area contributed by atoms with Crippen molar-refractivity contribution >= 4 is 9.84 Å². The molecule has 0 heterocycles. The third kappa shape index (κ3) is 2.73. The smallest absolute Gasteiger partial charge is 0.182 e. The largest absolute Gasteiger partial charge is 0.223 e. The molecule has 2 nitrogen and oxygen atoms in total. The zero-order valence-electron chi connectivity index (χ0n) is 9.81. The minimum Gasteiger partial charge on any atom is -0.223 e. The van der Waals surface area contributed by atoms with Crippen LogP contribution in [0.1, 0.15) is 31.7 Å². The van der Waals surface area contributed by atoms with Crippen LogP contribution in [-0.4, -0.2) is 14.2 Å². The molecule has 0 N–H and O–H groups in total. The molecule has 0 radical (unpaired) electrons. The maximum absolute atomic E-state index is 12.0. The molecule has 0 bridgehead atoms.